The second-order valence-electron chi connectivity index (χ2n) is 7.08. The number of hydrogen-bond donors (Lipinski definition) is 1. The number of piperazine rings is 1. The van der Waals surface area contributed by atoms with E-state index in [4.69, 9.17) is 0 Å². The maximum atomic E-state index is 12.4. The number of carbonyl (C=O) groups is 2. The van der Waals surface area contributed by atoms with Crippen LogP contribution in [0.1, 0.15) is 16.7 Å². The maximum Gasteiger partial charge on any atom is 0.242 e. The van der Waals surface area contributed by atoms with Crippen LogP contribution in [0.15, 0.2) is 54.6 Å². The van der Waals surface area contributed by atoms with Crippen LogP contribution in [0.5, 0.6) is 0 Å². The van der Waals surface area contributed by atoms with E-state index in [0.29, 0.717) is 19.5 Å². The minimum Gasteiger partial charge on any atom is -0.347 e. The van der Waals surface area contributed by atoms with Crippen molar-refractivity contribution in [2.45, 2.75) is 19.9 Å². The highest BCUT2D eigenvalue weighted by molar-refractivity contribution is 5.85. The first-order valence-corrected chi connectivity index (χ1v) is 9.46. The fraction of sp³-hybridized carbons (Fsp3) is 0.364. The fourth-order valence-electron chi connectivity index (χ4n) is 3.24. The van der Waals surface area contributed by atoms with E-state index in [-0.39, 0.29) is 18.4 Å². The van der Waals surface area contributed by atoms with Gasteiger partial charge in [-0.3, -0.25) is 14.5 Å². The second kappa shape index (κ2) is 9.33. The first kappa shape index (κ1) is 19.1. The monoisotopic (exact) mass is 365 g/mol. The summed E-state index contributed by atoms with van der Waals surface area (Å²) in [6.07, 6.45) is 0.304. The second-order valence-corrected chi connectivity index (χ2v) is 7.08. The Morgan fingerprint density at radius 1 is 0.889 bits per heavy atom. The molecule has 5 nitrogen and oxygen atoms in total. The predicted molar refractivity (Wildman–Crippen MR) is 106 cm³/mol. The zero-order valence-electron chi connectivity index (χ0n) is 15.9. The standard InChI is InChI=1S/C22H27N3O2/c1-18-7-9-19(10-8-18)15-21(26)23-16-22(27)25-13-11-24(12-14-25)17-20-5-3-2-4-6-20/h2-10H,11-17H2,1H3,(H,23,26). The predicted octanol–water partition coefficient (Wildman–Crippen LogP) is 2.00. The Kier molecular flexibility index (Phi) is 6.60. The third-order valence-corrected chi connectivity index (χ3v) is 4.90. The Morgan fingerprint density at radius 2 is 1.56 bits per heavy atom. The lowest BCUT2D eigenvalue weighted by Gasteiger charge is -2.34. The molecular formula is C22H27N3O2. The van der Waals surface area contributed by atoms with E-state index in [2.05, 4.69) is 22.3 Å². The highest BCUT2D eigenvalue weighted by Crippen LogP contribution is 2.08. The van der Waals surface area contributed by atoms with Crippen molar-refractivity contribution in [1.82, 2.24) is 15.1 Å². The van der Waals surface area contributed by atoms with Crippen molar-refractivity contribution in [3.63, 3.8) is 0 Å². The van der Waals surface area contributed by atoms with E-state index in [1.807, 2.05) is 54.3 Å². The van der Waals surface area contributed by atoms with Gasteiger partial charge in [-0.2, -0.15) is 0 Å². The molecule has 142 valence electrons. The van der Waals surface area contributed by atoms with E-state index in [1.54, 1.807) is 0 Å². The summed E-state index contributed by atoms with van der Waals surface area (Å²) >= 11 is 0. The third-order valence-electron chi connectivity index (χ3n) is 4.90. The van der Waals surface area contributed by atoms with Gasteiger partial charge in [-0.05, 0) is 18.1 Å². The van der Waals surface area contributed by atoms with Gasteiger partial charge in [-0.1, -0.05) is 60.2 Å². The first-order valence-electron chi connectivity index (χ1n) is 9.46. The molecule has 1 saturated heterocycles. The molecule has 1 N–H and O–H groups in total. The van der Waals surface area contributed by atoms with E-state index in [0.717, 1.165) is 25.2 Å². The molecular weight excluding hydrogens is 338 g/mol. The van der Waals surface area contributed by atoms with Gasteiger partial charge in [0.2, 0.25) is 11.8 Å². The number of amides is 2. The number of hydrogen-bond acceptors (Lipinski definition) is 3. The van der Waals surface area contributed by atoms with Crippen molar-refractivity contribution in [2.24, 2.45) is 0 Å². The van der Waals surface area contributed by atoms with Gasteiger partial charge in [0.25, 0.3) is 0 Å². The van der Waals surface area contributed by atoms with Crippen LogP contribution >= 0.6 is 0 Å². The van der Waals surface area contributed by atoms with Crippen molar-refractivity contribution < 1.29 is 9.59 Å². The highest BCUT2D eigenvalue weighted by atomic mass is 16.2. The Labute approximate surface area is 161 Å². The number of aryl methyl sites for hydroxylation is 1. The van der Waals surface area contributed by atoms with Crippen molar-refractivity contribution >= 4 is 11.8 Å². The van der Waals surface area contributed by atoms with Gasteiger partial charge in [-0.15, -0.1) is 0 Å². The lowest BCUT2D eigenvalue weighted by atomic mass is 10.1. The Morgan fingerprint density at radius 3 is 2.22 bits per heavy atom. The van der Waals surface area contributed by atoms with E-state index >= 15 is 0 Å². The zero-order valence-corrected chi connectivity index (χ0v) is 15.9. The molecule has 2 aromatic rings. The maximum absolute atomic E-state index is 12.4. The van der Waals surface area contributed by atoms with Crippen molar-refractivity contribution in [3.8, 4) is 0 Å². The molecule has 0 saturated carbocycles. The molecule has 2 amide bonds. The number of carbonyl (C=O) groups excluding carboxylic acids is 2. The molecule has 0 atom stereocenters. The van der Waals surface area contributed by atoms with Gasteiger partial charge in [0.1, 0.15) is 0 Å². The average molecular weight is 365 g/mol. The van der Waals surface area contributed by atoms with Gasteiger partial charge < -0.3 is 10.2 Å². The van der Waals surface area contributed by atoms with Gasteiger partial charge in [-0.25, -0.2) is 0 Å². The minimum absolute atomic E-state index is 0.00776. The normalized spacial score (nSPS) is 14.8. The smallest absolute Gasteiger partial charge is 0.242 e. The molecule has 0 aromatic heterocycles. The molecule has 1 fully saturated rings. The van der Waals surface area contributed by atoms with Crippen LogP contribution in [0.3, 0.4) is 0 Å². The molecule has 0 spiro atoms. The molecule has 0 bridgehead atoms. The van der Waals surface area contributed by atoms with Gasteiger partial charge in [0, 0.05) is 32.7 Å². The van der Waals surface area contributed by atoms with Crippen LogP contribution in [0.2, 0.25) is 0 Å². The van der Waals surface area contributed by atoms with E-state index < -0.39 is 0 Å². The quantitative estimate of drug-likeness (QED) is 0.852. The summed E-state index contributed by atoms with van der Waals surface area (Å²) in [6.45, 7) is 6.14. The lowest BCUT2D eigenvalue weighted by Crippen LogP contribution is -2.50. The number of rotatable bonds is 6. The molecule has 1 aliphatic heterocycles. The van der Waals surface area contributed by atoms with Crippen LogP contribution < -0.4 is 5.32 Å². The van der Waals surface area contributed by atoms with Crippen LogP contribution in [0.4, 0.5) is 0 Å². The lowest BCUT2D eigenvalue weighted by molar-refractivity contribution is -0.134. The summed E-state index contributed by atoms with van der Waals surface area (Å²) in [5.41, 5.74) is 3.42. The number of nitrogens with zero attached hydrogens (tertiary/aromatic N) is 2. The number of nitrogens with one attached hydrogen (secondary N) is 1. The molecule has 2 aromatic carbocycles. The van der Waals surface area contributed by atoms with E-state index in [1.165, 1.54) is 11.1 Å². The Hall–Kier alpha value is -2.66. The topological polar surface area (TPSA) is 52.7 Å². The molecule has 5 heteroatoms. The Balaban J connectivity index is 1.37. The first-order chi connectivity index (χ1) is 13.1. The van der Waals surface area contributed by atoms with Crippen LogP contribution in [-0.2, 0) is 22.6 Å². The van der Waals surface area contributed by atoms with Gasteiger partial charge >= 0.3 is 0 Å². The SMILES string of the molecule is Cc1ccc(CC(=O)NCC(=O)N2CCN(Cc3ccccc3)CC2)cc1. The van der Waals surface area contributed by atoms with Crippen LogP contribution in [0, 0.1) is 6.92 Å². The summed E-state index contributed by atoms with van der Waals surface area (Å²) in [6, 6.07) is 18.2. The van der Waals surface area contributed by atoms with Gasteiger partial charge in [0.05, 0.1) is 13.0 Å². The molecule has 27 heavy (non-hydrogen) atoms. The molecule has 0 aliphatic carbocycles. The molecule has 0 radical (unpaired) electrons. The largest absolute Gasteiger partial charge is 0.347 e. The van der Waals surface area contributed by atoms with Crippen LogP contribution in [0.25, 0.3) is 0 Å². The minimum atomic E-state index is -0.116. The summed E-state index contributed by atoms with van der Waals surface area (Å²) in [5, 5.41) is 2.75. The summed E-state index contributed by atoms with van der Waals surface area (Å²) in [4.78, 5) is 28.6. The summed E-state index contributed by atoms with van der Waals surface area (Å²) in [7, 11) is 0. The third kappa shape index (κ3) is 5.93. The van der Waals surface area contributed by atoms with Crippen molar-refractivity contribution in [2.75, 3.05) is 32.7 Å². The zero-order chi connectivity index (χ0) is 19.1. The Bertz CT molecular complexity index is 751. The van der Waals surface area contributed by atoms with E-state index in [9.17, 15) is 9.59 Å². The summed E-state index contributed by atoms with van der Waals surface area (Å²) < 4.78 is 0. The van der Waals surface area contributed by atoms with Crippen LogP contribution in [-0.4, -0.2) is 54.3 Å². The molecule has 1 heterocycles. The van der Waals surface area contributed by atoms with Crippen molar-refractivity contribution in [1.29, 1.82) is 0 Å². The van der Waals surface area contributed by atoms with Gasteiger partial charge in [0.15, 0.2) is 0 Å². The average Bonchev–Trinajstić information content (AvgIpc) is 2.69. The molecule has 3 rings (SSSR count). The molecule has 0 unspecified atom stereocenters. The number of benzene rings is 2. The summed E-state index contributed by atoms with van der Waals surface area (Å²) in [5.74, 6) is -0.124. The van der Waals surface area contributed by atoms with Crippen molar-refractivity contribution in [3.05, 3.63) is 71.3 Å². The highest BCUT2D eigenvalue weighted by Gasteiger charge is 2.21. The fourth-order valence-corrected chi connectivity index (χ4v) is 3.24. The molecule has 1 aliphatic rings.